The van der Waals surface area contributed by atoms with Gasteiger partial charge < -0.3 is 0 Å². The number of imide groups is 1. The first-order valence-electron chi connectivity index (χ1n) is 4.83. The molecule has 2 rings (SSSR count). The number of halogens is 1. The second-order valence-electron chi connectivity index (χ2n) is 3.74. The second-order valence-corrected chi connectivity index (χ2v) is 3.74. The van der Waals surface area contributed by atoms with Gasteiger partial charge in [0, 0.05) is 11.6 Å². The number of hydrogen-bond acceptors (Lipinski definition) is 2. The Morgan fingerprint density at radius 3 is 2.38 bits per heavy atom. The van der Waals surface area contributed by atoms with Crippen molar-refractivity contribution in [2.75, 3.05) is 4.90 Å². The molecule has 0 saturated carbocycles. The van der Waals surface area contributed by atoms with Crippen LogP contribution in [0.1, 0.15) is 12.5 Å². The van der Waals surface area contributed by atoms with E-state index in [-0.39, 0.29) is 5.69 Å². The van der Waals surface area contributed by atoms with Crippen LogP contribution in [0.15, 0.2) is 29.8 Å². The van der Waals surface area contributed by atoms with E-state index in [1.807, 2.05) is 0 Å². The normalized spacial score (nSPS) is 15.7. The van der Waals surface area contributed by atoms with Crippen molar-refractivity contribution in [3.8, 4) is 0 Å². The lowest BCUT2D eigenvalue weighted by atomic mass is 10.2. The first-order valence-corrected chi connectivity index (χ1v) is 4.83. The highest BCUT2D eigenvalue weighted by Crippen LogP contribution is 2.23. The Hall–Kier alpha value is -1.97. The number of hydrogen-bond donors (Lipinski definition) is 0. The van der Waals surface area contributed by atoms with Crippen LogP contribution < -0.4 is 4.90 Å². The van der Waals surface area contributed by atoms with Gasteiger partial charge in [0.15, 0.2) is 0 Å². The number of nitrogens with zero attached hydrogens (tertiary/aromatic N) is 1. The van der Waals surface area contributed by atoms with E-state index in [2.05, 4.69) is 0 Å². The van der Waals surface area contributed by atoms with Gasteiger partial charge in [-0.15, -0.1) is 0 Å². The average Bonchev–Trinajstić information content (AvgIpc) is 2.47. The summed E-state index contributed by atoms with van der Waals surface area (Å²) in [6.45, 7) is 3.18. The molecule has 0 radical (unpaired) electrons. The molecule has 1 heterocycles. The predicted molar refractivity (Wildman–Crippen MR) is 57.4 cm³/mol. The number of carbonyl (C=O) groups is 2. The molecule has 0 saturated heterocycles. The molecule has 4 heteroatoms. The Balaban J connectivity index is 2.43. The lowest BCUT2D eigenvalue weighted by molar-refractivity contribution is -0.120. The lowest BCUT2D eigenvalue weighted by Crippen LogP contribution is -2.30. The van der Waals surface area contributed by atoms with Crippen LogP contribution in [0.5, 0.6) is 0 Å². The topological polar surface area (TPSA) is 37.4 Å². The summed E-state index contributed by atoms with van der Waals surface area (Å²) in [6.07, 6.45) is 1.25. The van der Waals surface area contributed by atoms with Crippen molar-refractivity contribution in [3.63, 3.8) is 0 Å². The van der Waals surface area contributed by atoms with Gasteiger partial charge in [-0.2, -0.15) is 0 Å². The Labute approximate surface area is 92.2 Å². The van der Waals surface area contributed by atoms with Gasteiger partial charge in [0.25, 0.3) is 11.8 Å². The molecule has 0 atom stereocenters. The molecule has 0 fully saturated rings. The molecule has 0 N–H and O–H groups in total. The van der Waals surface area contributed by atoms with E-state index < -0.39 is 17.6 Å². The maximum Gasteiger partial charge on any atom is 0.261 e. The summed E-state index contributed by atoms with van der Waals surface area (Å²) in [5, 5.41) is 0. The fourth-order valence-electron chi connectivity index (χ4n) is 1.55. The van der Waals surface area contributed by atoms with Crippen LogP contribution in [0.25, 0.3) is 0 Å². The second kappa shape index (κ2) is 3.56. The van der Waals surface area contributed by atoms with Gasteiger partial charge in [-0.1, -0.05) is 6.07 Å². The SMILES string of the molecule is CC1=CC(=O)N(c2ccc(C)c(F)c2)C1=O. The molecule has 1 aromatic rings. The summed E-state index contributed by atoms with van der Waals surface area (Å²) in [7, 11) is 0. The number of carbonyl (C=O) groups excluding carboxylic acids is 2. The van der Waals surface area contributed by atoms with Crippen molar-refractivity contribution < 1.29 is 14.0 Å². The van der Waals surface area contributed by atoms with Gasteiger partial charge in [-0.3, -0.25) is 9.59 Å². The third kappa shape index (κ3) is 1.52. The summed E-state index contributed by atoms with van der Waals surface area (Å²) < 4.78 is 13.3. The Morgan fingerprint density at radius 1 is 1.19 bits per heavy atom. The molecule has 2 amide bonds. The highest BCUT2D eigenvalue weighted by molar-refractivity contribution is 6.30. The number of rotatable bonds is 1. The molecule has 3 nitrogen and oxygen atoms in total. The summed E-state index contributed by atoms with van der Waals surface area (Å²) in [6, 6.07) is 4.29. The zero-order chi connectivity index (χ0) is 11.9. The van der Waals surface area contributed by atoms with Crippen LogP contribution in [0.3, 0.4) is 0 Å². The van der Waals surface area contributed by atoms with E-state index in [0.29, 0.717) is 11.1 Å². The van der Waals surface area contributed by atoms with Crippen molar-refractivity contribution in [1.29, 1.82) is 0 Å². The molecule has 0 aromatic heterocycles. The maximum atomic E-state index is 13.3. The lowest BCUT2D eigenvalue weighted by Gasteiger charge is -2.14. The van der Waals surface area contributed by atoms with Gasteiger partial charge >= 0.3 is 0 Å². The van der Waals surface area contributed by atoms with E-state index in [0.717, 1.165) is 4.90 Å². The van der Waals surface area contributed by atoms with E-state index in [1.54, 1.807) is 26.0 Å². The maximum absolute atomic E-state index is 13.3. The van der Waals surface area contributed by atoms with E-state index >= 15 is 0 Å². The molecule has 0 aliphatic carbocycles. The first-order chi connectivity index (χ1) is 7.50. The van der Waals surface area contributed by atoms with Crippen molar-refractivity contribution >= 4 is 17.5 Å². The highest BCUT2D eigenvalue weighted by atomic mass is 19.1. The number of aryl methyl sites for hydroxylation is 1. The van der Waals surface area contributed by atoms with Gasteiger partial charge in [0.1, 0.15) is 5.82 Å². The summed E-state index contributed by atoms with van der Waals surface area (Å²) in [4.78, 5) is 24.1. The largest absolute Gasteiger partial charge is 0.269 e. The monoisotopic (exact) mass is 219 g/mol. The van der Waals surface area contributed by atoms with E-state index in [1.165, 1.54) is 12.1 Å². The highest BCUT2D eigenvalue weighted by Gasteiger charge is 2.29. The van der Waals surface area contributed by atoms with E-state index in [9.17, 15) is 14.0 Å². The summed E-state index contributed by atoms with van der Waals surface area (Å²) in [5.74, 6) is -1.25. The minimum atomic E-state index is -0.428. The van der Waals surface area contributed by atoms with Gasteiger partial charge in [-0.05, 0) is 31.5 Å². The third-order valence-electron chi connectivity index (χ3n) is 2.51. The first kappa shape index (κ1) is 10.5. The minimum Gasteiger partial charge on any atom is -0.269 e. The number of benzene rings is 1. The van der Waals surface area contributed by atoms with Crippen LogP contribution in [-0.2, 0) is 9.59 Å². The standard InChI is InChI=1S/C12H10FNO2/c1-7-3-4-9(6-10(7)13)14-11(15)5-8(2)12(14)16/h3-6H,1-2H3. The Morgan fingerprint density at radius 2 is 1.88 bits per heavy atom. The van der Waals surface area contributed by atoms with Crippen molar-refractivity contribution in [3.05, 3.63) is 41.2 Å². The predicted octanol–water partition coefficient (Wildman–Crippen LogP) is 1.95. The fraction of sp³-hybridized carbons (Fsp3) is 0.167. The summed E-state index contributed by atoms with van der Waals surface area (Å²) in [5.41, 5.74) is 1.12. The molecular weight excluding hydrogens is 209 g/mol. The van der Waals surface area contributed by atoms with E-state index in [4.69, 9.17) is 0 Å². The summed E-state index contributed by atoms with van der Waals surface area (Å²) >= 11 is 0. The smallest absolute Gasteiger partial charge is 0.261 e. The number of anilines is 1. The van der Waals surface area contributed by atoms with Crippen LogP contribution in [0.2, 0.25) is 0 Å². The minimum absolute atomic E-state index is 0.270. The average molecular weight is 219 g/mol. The molecule has 0 bridgehead atoms. The molecule has 1 aliphatic rings. The van der Waals surface area contributed by atoms with Gasteiger partial charge in [-0.25, -0.2) is 9.29 Å². The third-order valence-corrected chi connectivity index (χ3v) is 2.51. The van der Waals surface area contributed by atoms with Gasteiger partial charge in [0.05, 0.1) is 5.69 Å². The Bertz CT molecular complexity index is 520. The molecule has 1 aliphatic heterocycles. The zero-order valence-corrected chi connectivity index (χ0v) is 8.95. The molecular formula is C12H10FNO2. The fourth-order valence-corrected chi connectivity index (χ4v) is 1.55. The zero-order valence-electron chi connectivity index (χ0n) is 8.95. The van der Waals surface area contributed by atoms with Crippen LogP contribution >= 0.6 is 0 Å². The van der Waals surface area contributed by atoms with Crippen molar-refractivity contribution in [1.82, 2.24) is 0 Å². The Kier molecular flexibility index (Phi) is 2.34. The van der Waals surface area contributed by atoms with Crippen molar-refractivity contribution in [2.24, 2.45) is 0 Å². The van der Waals surface area contributed by atoms with Crippen molar-refractivity contribution in [2.45, 2.75) is 13.8 Å². The molecule has 1 aromatic carbocycles. The van der Waals surface area contributed by atoms with Crippen LogP contribution in [-0.4, -0.2) is 11.8 Å². The van der Waals surface area contributed by atoms with Crippen LogP contribution in [0, 0.1) is 12.7 Å². The molecule has 0 spiro atoms. The molecule has 16 heavy (non-hydrogen) atoms. The molecule has 82 valence electrons. The quantitative estimate of drug-likeness (QED) is 0.677. The van der Waals surface area contributed by atoms with Crippen LogP contribution in [0.4, 0.5) is 10.1 Å². The molecule has 0 unspecified atom stereocenters. The van der Waals surface area contributed by atoms with Gasteiger partial charge in [0.2, 0.25) is 0 Å². The number of amides is 2.